The topological polar surface area (TPSA) is 51.2 Å². The minimum absolute atomic E-state index is 0.0802. The van der Waals surface area contributed by atoms with Crippen molar-refractivity contribution >= 4 is 38.7 Å². The van der Waals surface area contributed by atoms with Crippen molar-refractivity contribution < 1.29 is 13.2 Å². The summed E-state index contributed by atoms with van der Waals surface area (Å²) >= 11 is 2.85. The van der Waals surface area contributed by atoms with Gasteiger partial charge in [0.1, 0.15) is 9.84 Å². The van der Waals surface area contributed by atoms with Crippen molar-refractivity contribution in [1.82, 2.24) is 0 Å². The molecule has 1 heterocycles. The van der Waals surface area contributed by atoms with E-state index in [9.17, 15) is 13.2 Å². The molecule has 0 saturated carbocycles. The lowest BCUT2D eigenvalue weighted by molar-refractivity contribution is 0.102. The molecule has 0 N–H and O–H groups in total. The average molecular weight is 278 g/mol. The number of thiophene rings is 1. The van der Waals surface area contributed by atoms with Gasteiger partial charge in [-0.2, -0.15) is 11.8 Å². The van der Waals surface area contributed by atoms with E-state index in [-0.39, 0.29) is 11.5 Å². The smallest absolute Gasteiger partial charge is 0.182 e. The fraction of sp³-hybridized carbons (Fsp3) is 0.500. The molecular weight excluding hydrogens is 264 g/mol. The van der Waals surface area contributed by atoms with Gasteiger partial charge in [0.2, 0.25) is 0 Å². The maximum Gasteiger partial charge on any atom is 0.182 e. The minimum Gasteiger partial charge on any atom is -0.292 e. The van der Waals surface area contributed by atoms with Crippen LogP contribution in [0.1, 0.15) is 14.5 Å². The number of hydrogen-bond acceptors (Lipinski definition) is 5. The van der Waals surface area contributed by atoms with Gasteiger partial charge in [-0.25, -0.2) is 8.42 Å². The van der Waals surface area contributed by atoms with E-state index in [2.05, 4.69) is 0 Å². The maximum absolute atomic E-state index is 11.6. The Balaban J connectivity index is 2.31. The number of sulfone groups is 1. The fourth-order valence-electron chi connectivity index (χ4n) is 1.03. The molecule has 0 amide bonds. The van der Waals surface area contributed by atoms with Crippen molar-refractivity contribution in [1.29, 1.82) is 0 Å². The molecule has 0 aliphatic heterocycles. The van der Waals surface area contributed by atoms with Gasteiger partial charge in [-0.3, -0.25) is 4.79 Å². The van der Waals surface area contributed by atoms with E-state index in [0.29, 0.717) is 11.5 Å². The third-order valence-corrected chi connectivity index (χ3v) is 5.05. The van der Waals surface area contributed by atoms with Gasteiger partial charge in [0.25, 0.3) is 0 Å². The summed E-state index contributed by atoms with van der Waals surface area (Å²) in [4.78, 5) is 13.5. The molecule has 1 aromatic heterocycles. The predicted octanol–water partition coefficient (Wildman–Crippen LogP) is 2.02. The zero-order valence-electron chi connectivity index (χ0n) is 9.23. The molecule has 1 rings (SSSR count). The number of aryl methyl sites for hydroxylation is 1. The monoisotopic (exact) mass is 278 g/mol. The van der Waals surface area contributed by atoms with E-state index in [1.165, 1.54) is 29.4 Å². The molecule has 0 bridgehead atoms. The van der Waals surface area contributed by atoms with Crippen molar-refractivity contribution in [2.75, 3.05) is 23.5 Å². The van der Waals surface area contributed by atoms with Crippen LogP contribution in [0.15, 0.2) is 12.1 Å². The summed E-state index contributed by atoms with van der Waals surface area (Å²) in [5, 5.41) is 0. The van der Waals surface area contributed by atoms with Crippen molar-refractivity contribution in [3.8, 4) is 0 Å². The Kier molecular flexibility index (Phi) is 5.01. The van der Waals surface area contributed by atoms with Crippen LogP contribution >= 0.6 is 23.1 Å². The van der Waals surface area contributed by atoms with Gasteiger partial charge in [-0.05, 0) is 19.1 Å². The first kappa shape index (κ1) is 13.7. The second-order valence-electron chi connectivity index (χ2n) is 3.52. The van der Waals surface area contributed by atoms with Crippen molar-refractivity contribution in [2.45, 2.75) is 6.92 Å². The van der Waals surface area contributed by atoms with Crippen LogP contribution in [0.4, 0.5) is 0 Å². The second-order valence-corrected chi connectivity index (χ2v) is 8.17. The standard InChI is InChI=1S/C10H14O3S3/c1-8-3-4-10(15-8)9(11)7-14-5-6-16(2,12)13/h3-4H,5-7H2,1-2H3. The molecule has 1 aromatic rings. The highest BCUT2D eigenvalue weighted by Gasteiger charge is 2.09. The van der Waals surface area contributed by atoms with Crippen LogP contribution in [0.5, 0.6) is 0 Å². The molecule has 0 aliphatic carbocycles. The normalized spacial score (nSPS) is 11.6. The van der Waals surface area contributed by atoms with Gasteiger partial charge >= 0.3 is 0 Å². The first-order valence-corrected chi connectivity index (χ1v) is 8.77. The van der Waals surface area contributed by atoms with Crippen molar-refractivity contribution in [3.05, 3.63) is 21.9 Å². The quantitative estimate of drug-likeness (QED) is 0.590. The lowest BCUT2D eigenvalue weighted by Gasteiger charge is -1.98. The molecule has 16 heavy (non-hydrogen) atoms. The van der Waals surface area contributed by atoms with Gasteiger partial charge in [0.15, 0.2) is 5.78 Å². The summed E-state index contributed by atoms with van der Waals surface area (Å²) in [6, 6.07) is 3.73. The Morgan fingerprint density at radius 3 is 2.62 bits per heavy atom. The molecule has 0 spiro atoms. The number of thioether (sulfide) groups is 1. The Bertz CT molecular complexity index is 459. The highest BCUT2D eigenvalue weighted by molar-refractivity contribution is 8.01. The first-order chi connectivity index (χ1) is 7.38. The van der Waals surface area contributed by atoms with Gasteiger partial charge in [0.05, 0.1) is 16.4 Å². The second kappa shape index (κ2) is 5.84. The van der Waals surface area contributed by atoms with E-state index < -0.39 is 9.84 Å². The molecular formula is C10H14O3S3. The van der Waals surface area contributed by atoms with Crippen LogP contribution in [-0.4, -0.2) is 37.7 Å². The Morgan fingerprint density at radius 1 is 1.44 bits per heavy atom. The van der Waals surface area contributed by atoms with Crippen LogP contribution < -0.4 is 0 Å². The van der Waals surface area contributed by atoms with E-state index in [0.717, 1.165) is 9.75 Å². The summed E-state index contributed by atoms with van der Waals surface area (Å²) in [6.45, 7) is 1.96. The molecule has 90 valence electrons. The van der Waals surface area contributed by atoms with Crippen LogP contribution in [0.3, 0.4) is 0 Å². The van der Waals surface area contributed by atoms with Gasteiger partial charge in [0, 0.05) is 16.9 Å². The largest absolute Gasteiger partial charge is 0.292 e. The Morgan fingerprint density at radius 2 is 2.12 bits per heavy atom. The molecule has 6 heteroatoms. The van der Waals surface area contributed by atoms with Crippen LogP contribution in [0, 0.1) is 6.92 Å². The van der Waals surface area contributed by atoms with Gasteiger partial charge in [-0.15, -0.1) is 11.3 Å². The zero-order chi connectivity index (χ0) is 12.2. The molecule has 0 aliphatic rings. The number of carbonyl (C=O) groups is 1. The molecule has 0 fully saturated rings. The maximum atomic E-state index is 11.6. The average Bonchev–Trinajstić information content (AvgIpc) is 2.57. The first-order valence-electron chi connectivity index (χ1n) is 4.73. The fourth-order valence-corrected chi connectivity index (χ4v) is 4.09. The number of hydrogen-bond donors (Lipinski definition) is 0. The molecule has 0 saturated heterocycles. The number of rotatable bonds is 6. The summed E-state index contributed by atoms with van der Waals surface area (Å²) in [6.07, 6.45) is 1.21. The third kappa shape index (κ3) is 5.14. The molecule has 0 atom stereocenters. The SMILES string of the molecule is Cc1ccc(C(=O)CSCCS(C)(=O)=O)s1. The van der Waals surface area contributed by atoms with Crippen LogP contribution in [0.25, 0.3) is 0 Å². The number of ketones is 1. The minimum atomic E-state index is -2.91. The zero-order valence-corrected chi connectivity index (χ0v) is 11.7. The predicted molar refractivity (Wildman–Crippen MR) is 70.4 cm³/mol. The van der Waals surface area contributed by atoms with Crippen LogP contribution in [0.2, 0.25) is 0 Å². The van der Waals surface area contributed by atoms with Gasteiger partial charge < -0.3 is 0 Å². The van der Waals surface area contributed by atoms with Crippen LogP contribution in [-0.2, 0) is 9.84 Å². The highest BCUT2D eigenvalue weighted by atomic mass is 32.2. The van der Waals surface area contributed by atoms with Crippen molar-refractivity contribution in [2.24, 2.45) is 0 Å². The number of carbonyl (C=O) groups excluding carboxylic acids is 1. The lowest BCUT2D eigenvalue weighted by Crippen LogP contribution is -2.07. The molecule has 0 radical (unpaired) electrons. The summed E-state index contributed by atoms with van der Waals surface area (Å²) < 4.78 is 21.7. The van der Waals surface area contributed by atoms with E-state index in [4.69, 9.17) is 0 Å². The van der Waals surface area contributed by atoms with E-state index in [1.54, 1.807) is 0 Å². The van der Waals surface area contributed by atoms with E-state index in [1.807, 2.05) is 19.1 Å². The Labute approximate surface area is 104 Å². The Hall–Kier alpha value is -0.330. The van der Waals surface area contributed by atoms with Gasteiger partial charge in [-0.1, -0.05) is 0 Å². The highest BCUT2D eigenvalue weighted by Crippen LogP contribution is 2.17. The summed E-state index contributed by atoms with van der Waals surface area (Å²) in [5.41, 5.74) is 0. The van der Waals surface area contributed by atoms with Crippen molar-refractivity contribution in [3.63, 3.8) is 0 Å². The lowest BCUT2D eigenvalue weighted by atomic mass is 10.3. The molecule has 0 aromatic carbocycles. The molecule has 3 nitrogen and oxygen atoms in total. The summed E-state index contributed by atoms with van der Waals surface area (Å²) in [7, 11) is -2.91. The molecule has 0 unspecified atom stereocenters. The van der Waals surface area contributed by atoms with E-state index >= 15 is 0 Å². The summed E-state index contributed by atoms with van der Waals surface area (Å²) in [5.74, 6) is 1.05. The third-order valence-electron chi connectivity index (χ3n) is 1.85. The number of Topliss-reactive ketones (excluding diaryl/α,β-unsaturated/α-hetero) is 1.